The Morgan fingerprint density at radius 3 is 2.29 bits per heavy atom. The van der Waals surface area contributed by atoms with Gasteiger partial charge in [0.1, 0.15) is 0 Å². The molecule has 0 aromatic rings. The zero-order valence-corrected chi connectivity index (χ0v) is 11.5. The van der Waals surface area contributed by atoms with Crippen molar-refractivity contribution in [2.45, 2.75) is 70.1 Å². The van der Waals surface area contributed by atoms with Gasteiger partial charge in [-0.1, -0.05) is 0 Å². The van der Waals surface area contributed by atoms with Crippen LogP contribution >= 0.6 is 0 Å². The Bertz CT molecular complexity index is 228. The first-order valence-corrected chi connectivity index (χ1v) is 7.26. The van der Waals surface area contributed by atoms with Crippen molar-refractivity contribution in [3.8, 4) is 0 Å². The Kier molecular flexibility index (Phi) is 4.45. The van der Waals surface area contributed by atoms with Gasteiger partial charge in [0.2, 0.25) is 0 Å². The monoisotopic (exact) mass is 240 g/mol. The van der Waals surface area contributed by atoms with Gasteiger partial charge < -0.3 is 10.5 Å². The van der Waals surface area contributed by atoms with Crippen LogP contribution in [0.5, 0.6) is 0 Å². The molecule has 1 heterocycles. The van der Waals surface area contributed by atoms with Crippen LogP contribution in [0.15, 0.2) is 0 Å². The minimum absolute atomic E-state index is 0.410. The lowest BCUT2D eigenvalue weighted by molar-refractivity contribution is -0.0248. The second-order valence-corrected chi connectivity index (χ2v) is 5.98. The molecule has 1 aliphatic carbocycles. The van der Waals surface area contributed by atoms with E-state index in [0.717, 1.165) is 6.61 Å². The Morgan fingerprint density at radius 1 is 1.18 bits per heavy atom. The van der Waals surface area contributed by atoms with Crippen LogP contribution in [-0.4, -0.2) is 42.3 Å². The van der Waals surface area contributed by atoms with E-state index in [4.69, 9.17) is 10.5 Å². The molecule has 2 fully saturated rings. The molecule has 0 amide bonds. The highest BCUT2D eigenvalue weighted by atomic mass is 16.5. The van der Waals surface area contributed by atoms with Gasteiger partial charge in [-0.25, -0.2) is 0 Å². The maximum Gasteiger partial charge on any atom is 0.0576 e. The van der Waals surface area contributed by atoms with Crippen molar-refractivity contribution in [1.29, 1.82) is 0 Å². The summed E-state index contributed by atoms with van der Waals surface area (Å²) in [5, 5.41) is 0. The van der Waals surface area contributed by atoms with Crippen LogP contribution in [0.4, 0.5) is 0 Å². The third-order valence-electron chi connectivity index (χ3n) is 4.72. The van der Waals surface area contributed by atoms with Crippen LogP contribution in [0.1, 0.15) is 52.4 Å². The fourth-order valence-electron chi connectivity index (χ4n) is 3.37. The van der Waals surface area contributed by atoms with E-state index >= 15 is 0 Å². The van der Waals surface area contributed by atoms with E-state index in [-0.39, 0.29) is 0 Å². The summed E-state index contributed by atoms with van der Waals surface area (Å²) < 4.78 is 5.74. The molecule has 1 saturated carbocycles. The third-order valence-corrected chi connectivity index (χ3v) is 4.72. The summed E-state index contributed by atoms with van der Waals surface area (Å²) in [6.45, 7) is 7.78. The predicted octanol–water partition coefficient (Wildman–Crippen LogP) is 2.15. The Morgan fingerprint density at radius 2 is 1.76 bits per heavy atom. The fourth-order valence-corrected chi connectivity index (χ4v) is 3.37. The van der Waals surface area contributed by atoms with Gasteiger partial charge in [-0.2, -0.15) is 0 Å². The van der Waals surface area contributed by atoms with Gasteiger partial charge in [-0.3, -0.25) is 4.90 Å². The molecule has 0 aromatic heterocycles. The first-order chi connectivity index (χ1) is 8.14. The summed E-state index contributed by atoms with van der Waals surface area (Å²) in [5.74, 6) is 0. The van der Waals surface area contributed by atoms with E-state index in [2.05, 4.69) is 18.7 Å². The summed E-state index contributed by atoms with van der Waals surface area (Å²) >= 11 is 0. The van der Waals surface area contributed by atoms with Gasteiger partial charge in [0, 0.05) is 31.3 Å². The average Bonchev–Trinajstić information content (AvgIpc) is 2.33. The zero-order chi connectivity index (χ0) is 12.3. The van der Waals surface area contributed by atoms with Crippen molar-refractivity contribution in [3.05, 3.63) is 0 Å². The molecule has 100 valence electrons. The lowest BCUT2D eigenvalue weighted by Crippen LogP contribution is -2.54. The molecule has 2 rings (SSSR count). The molecule has 0 radical (unpaired) electrons. The van der Waals surface area contributed by atoms with Gasteiger partial charge in [0.05, 0.1) is 6.10 Å². The van der Waals surface area contributed by atoms with Gasteiger partial charge in [-0.15, -0.1) is 0 Å². The van der Waals surface area contributed by atoms with Gasteiger partial charge in [0.25, 0.3) is 0 Å². The Labute approximate surface area is 106 Å². The topological polar surface area (TPSA) is 38.5 Å². The minimum Gasteiger partial charge on any atom is -0.379 e. The number of piperidine rings is 1. The molecular weight excluding hydrogens is 212 g/mol. The van der Waals surface area contributed by atoms with Crippen LogP contribution in [0.25, 0.3) is 0 Å². The molecule has 0 spiro atoms. The summed E-state index contributed by atoms with van der Waals surface area (Å²) in [6, 6.07) is 0.439. The van der Waals surface area contributed by atoms with Crippen LogP contribution < -0.4 is 5.73 Å². The standard InChI is InChI=1S/C14H28N2O/c1-3-17-13-4-8-14(2,9-5-13)16-10-6-12(15)7-11-16/h12-13H,3-11,15H2,1-2H3. The third kappa shape index (κ3) is 3.21. The number of hydrogen-bond donors (Lipinski definition) is 1. The number of rotatable bonds is 3. The molecule has 0 aromatic carbocycles. The normalized spacial score (nSPS) is 37.2. The van der Waals surface area contributed by atoms with E-state index in [1.165, 1.54) is 51.6 Å². The highest BCUT2D eigenvalue weighted by Crippen LogP contribution is 2.35. The number of hydrogen-bond acceptors (Lipinski definition) is 3. The van der Waals surface area contributed by atoms with Crippen molar-refractivity contribution >= 4 is 0 Å². The van der Waals surface area contributed by atoms with Crippen LogP contribution in [-0.2, 0) is 4.74 Å². The maximum absolute atomic E-state index is 5.98. The van der Waals surface area contributed by atoms with E-state index < -0.39 is 0 Å². The van der Waals surface area contributed by atoms with Crippen LogP contribution in [0, 0.1) is 0 Å². The smallest absolute Gasteiger partial charge is 0.0576 e. The molecule has 3 heteroatoms. The number of ether oxygens (including phenoxy) is 1. The molecule has 0 atom stereocenters. The molecule has 3 nitrogen and oxygen atoms in total. The highest BCUT2D eigenvalue weighted by Gasteiger charge is 2.37. The minimum atomic E-state index is 0.410. The quantitative estimate of drug-likeness (QED) is 0.821. The van der Waals surface area contributed by atoms with Crippen molar-refractivity contribution in [2.75, 3.05) is 19.7 Å². The molecule has 1 aliphatic heterocycles. The lowest BCUT2D eigenvalue weighted by atomic mass is 9.79. The maximum atomic E-state index is 5.98. The summed E-state index contributed by atoms with van der Waals surface area (Å²) in [5.41, 5.74) is 6.40. The van der Waals surface area contributed by atoms with Gasteiger partial charge in [-0.05, 0) is 52.4 Å². The van der Waals surface area contributed by atoms with E-state index in [9.17, 15) is 0 Å². The second kappa shape index (κ2) is 5.68. The van der Waals surface area contributed by atoms with E-state index in [1.54, 1.807) is 0 Å². The number of nitrogens with two attached hydrogens (primary N) is 1. The highest BCUT2D eigenvalue weighted by molar-refractivity contribution is 4.93. The summed E-state index contributed by atoms with van der Waals surface area (Å²) in [6.07, 6.45) is 7.88. The van der Waals surface area contributed by atoms with Crippen molar-refractivity contribution in [3.63, 3.8) is 0 Å². The molecule has 1 saturated heterocycles. The zero-order valence-electron chi connectivity index (χ0n) is 11.5. The molecular formula is C14H28N2O. The Balaban J connectivity index is 1.84. The number of nitrogens with zero attached hydrogens (tertiary/aromatic N) is 1. The van der Waals surface area contributed by atoms with Crippen molar-refractivity contribution in [1.82, 2.24) is 4.90 Å². The fraction of sp³-hybridized carbons (Fsp3) is 1.00. The van der Waals surface area contributed by atoms with Crippen LogP contribution in [0.3, 0.4) is 0 Å². The Hall–Kier alpha value is -0.120. The summed E-state index contributed by atoms with van der Waals surface area (Å²) in [7, 11) is 0. The SMILES string of the molecule is CCOC1CCC(C)(N2CCC(N)CC2)CC1. The molecule has 0 unspecified atom stereocenters. The van der Waals surface area contributed by atoms with Gasteiger partial charge >= 0.3 is 0 Å². The lowest BCUT2D eigenvalue weighted by Gasteiger charge is -2.48. The molecule has 17 heavy (non-hydrogen) atoms. The van der Waals surface area contributed by atoms with E-state index in [0.29, 0.717) is 17.7 Å². The molecule has 2 N–H and O–H groups in total. The second-order valence-electron chi connectivity index (χ2n) is 5.98. The van der Waals surface area contributed by atoms with E-state index in [1.807, 2.05) is 0 Å². The van der Waals surface area contributed by atoms with Crippen molar-refractivity contribution in [2.24, 2.45) is 5.73 Å². The van der Waals surface area contributed by atoms with Crippen LogP contribution in [0.2, 0.25) is 0 Å². The largest absolute Gasteiger partial charge is 0.379 e. The molecule has 0 bridgehead atoms. The first kappa shape index (κ1) is 13.3. The predicted molar refractivity (Wildman–Crippen MR) is 71.1 cm³/mol. The summed E-state index contributed by atoms with van der Waals surface area (Å²) in [4.78, 5) is 2.68. The van der Waals surface area contributed by atoms with Gasteiger partial charge in [0.15, 0.2) is 0 Å². The average molecular weight is 240 g/mol. The van der Waals surface area contributed by atoms with Crippen molar-refractivity contribution < 1.29 is 4.74 Å². The first-order valence-electron chi connectivity index (χ1n) is 7.26. The number of likely N-dealkylation sites (tertiary alicyclic amines) is 1. The molecule has 2 aliphatic rings.